The molecular formula is C12H12ClN3O. The van der Waals surface area contributed by atoms with Crippen molar-refractivity contribution in [3.63, 3.8) is 0 Å². The van der Waals surface area contributed by atoms with Gasteiger partial charge in [0.25, 0.3) is 5.91 Å². The highest BCUT2D eigenvalue weighted by Crippen LogP contribution is 2.09. The van der Waals surface area contributed by atoms with E-state index in [0.717, 1.165) is 5.56 Å². The first-order valence-corrected chi connectivity index (χ1v) is 5.49. The fourth-order valence-corrected chi connectivity index (χ4v) is 1.55. The number of amides is 1. The molecule has 0 atom stereocenters. The molecule has 0 unspecified atom stereocenters. The number of nitrogen functional groups attached to an aromatic ring is 1. The normalized spacial score (nSPS) is 10.2. The number of carbonyl (C=O) groups is 1. The Labute approximate surface area is 104 Å². The number of benzene rings is 1. The summed E-state index contributed by atoms with van der Waals surface area (Å²) in [6.07, 6.45) is 1.58. The van der Waals surface area contributed by atoms with E-state index in [4.69, 9.17) is 17.3 Å². The molecule has 4 N–H and O–H groups in total. The van der Waals surface area contributed by atoms with Gasteiger partial charge in [-0.3, -0.25) is 4.79 Å². The van der Waals surface area contributed by atoms with E-state index in [1.807, 2.05) is 12.1 Å². The molecule has 0 aliphatic carbocycles. The summed E-state index contributed by atoms with van der Waals surface area (Å²) in [5, 5.41) is 3.46. The highest BCUT2D eigenvalue weighted by atomic mass is 35.5. The molecule has 0 aliphatic rings. The zero-order valence-electron chi connectivity index (χ0n) is 9.03. The van der Waals surface area contributed by atoms with E-state index in [0.29, 0.717) is 22.9 Å². The second-order valence-corrected chi connectivity index (χ2v) is 4.09. The monoisotopic (exact) mass is 249 g/mol. The van der Waals surface area contributed by atoms with Gasteiger partial charge in [0.2, 0.25) is 0 Å². The van der Waals surface area contributed by atoms with Gasteiger partial charge in [0.15, 0.2) is 0 Å². The van der Waals surface area contributed by atoms with Crippen LogP contribution in [0.1, 0.15) is 16.1 Å². The van der Waals surface area contributed by atoms with E-state index in [1.165, 1.54) is 0 Å². The van der Waals surface area contributed by atoms with Crippen molar-refractivity contribution >= 4 is 23.2 Å². The van der Waals surface area contributed by atoms with Gasteiger partial charge in [-0.2, -0.15) is 0 Å². The smallest absolute Gasteiger partial charge is 0.268 e. The molecule has 0 spiro atoms. The first-order chi connectivity index (χ1) is 8.15. The number of rotatable bonds is 3. The van der Waals surface area contributed by atoms with Crippen LogP contribution in [0, 0.1) is 0 Å². The molecule has 5 heteroatoms. The number of hydrogen-bond donors (Lipinski definition) is 3. The molecule has 0 saturated carbocycles. The second kappa shape index (κ2) is 4.93. The van der Waals surface area contributed by atoms with Crippen LogP contribution in [0.5, 0.6) is 0 Å². The third-order valence-corrected chi connectivity index (χ3v) is 2.57. The first-order valence-electron chi connectivity index (χ1n) is 5.11. The lowest BCUT2D eigenvalue weighted by atomic mass is 10.2. The first kappa shape index (κ1) is 11.5. The van der Waals surface area contributed by atoms with Crippen molar-refractivity contribution in [2.45, 2.75) is 6.54 Å². The number of aromatic nitrogens is 1. The summed E-state index contributed by atoms with van der Waals surface area (Å²) < 4.78 is 0. The van der Waals surface area contributed by atoms with Crippen LogP contribution < -0.4 is 11.1 Å². The summed E-state index contributed by atoms with van der Waals surface area (Å²) in [5.74, 6) is -0.184. The molecule has 17 heavy (non-hydrogen) atoms. The van der Waals surface area contributed by atoms with E-state index in [1.54, 1.807) is 24.4 Å². The maximum Gasteiger partial charge on any atom is 0.268 e. The number of nitrogens with one attached hydrogen (secondary N) is 2. The zero-order chi connectivity index (χ0) is 12.3. The quantitative estimate of drug-likeness (QED) is 0.780. The average molecular weight is 250 g/mol. The summed E-state index contributed by atoms with van der Waals surface area (Å²) in [6, 6.07) is 8.90. The lowest BCUT2D eigenvalue weighted by Gasteiger charge is -2.03. The lowest BCUT2D eigenvalue weighted by molar-refractivity contribution is 0.0946. The number of hydrogen-bond acceptors (Lipinski definition) is 2. The molecule has 2 aromatic rings. The van der Waals surface area contributed by atoms with Gasteiger partial charge in [0.1, 0.15) is 5.69 Å². The minimum atomic E-state index is -0.184. The maximum absolute atomic E-state index is 11.7. The van der Waals surface area contributed by atoms with Gasteiger partial charge in [0.05, 0.1) is 0 Å². The fourth-order valence-electron chi connectivity index (χ4n) is 1.42. The number of anilines is 1. The largest absolute Gasteiger partial charge is 0.397 e. The van der Waals surface area contributed by atoms with E-state index in [2.05, 4.69) is 10.3 Å². The standard InChI is InChI=1S/C12H12ClN3O/c13-9-3-1-8(2-4-9)6-16-12(17)11-5-10(14)7-15-11/h1-5,7,15H,6,14H2,(H,16,17). The molecule has 88 valence electrons. The van der Waals surface area contributed by atoms with Gasteiger partial charge < -0.3 is 16.0 Å². The van der Waals surface area contributed by atoms with Crippen molar-refractivity contribution in [2.75, 3.05) is 5.73 Å². The molecule has 1 aromatic carbocycles. The van der Waals surface area contributed by atoms with Crippen molar-refractivity contribution in [1.82, 2.24) is 10.3 Å². The van der Waals surface area contributed by atoms with Gasteiger partial charge in [-0.1, -0.05) is 23.7 Å². The summed E-state index contributed by atoms with van der Waals surface area (Å²) in [7, 11) is 0. The van der Waals surface area contributed by atoms with E-state index in [-0.39, 0.29) is 5.91 Å². The number of carbonyl (C=O) groups excluding carboxylic acids is 1. The topological polar surface area (TPSA) is 70.9 Å². The zero-order valence-corrected chi connectivity index (χ0v) is 9.79. The molecule has 1 aromatic heterocycles. The molecule has 4 nitrogen and oxygen atoms in total. The highest BCUT2D eigenvalue weighted by Gasteiger charge is 2.06. The van der Waals surface area contributed by atoms with E-state index >= 15 is 0 Å². The van der Waals surface area contributed by atoms with Gasteiger partial charge in [-0.25, -0.2) is 0 Å². The number of aromatic amines is 1. The lowest BCUT2D eigenvalue weighted by Crippen LogP contribution is -2.22. The van der Waals surface area contributed by atoms with Crippen LogP contribution in [0.3, 0.4) is 0 Å². The molecular weight excluding hydrogens is 238 g/mol. The minimum Gasteiger partial charge on any atom is -0.397 e. The maximum atomic E-state index is 11.7. The third kappa shape index (κ3) is 3.01. The SMILES string of the molecule is Nc1c[nH]c(C(=O)NCc2ccc(Cl)cc2)c1. The van der Waals surface area contributed by atoms with Crippen molar-refractivity contribution < 1.29 is 4.79 Å². The van der Waals surface area contributed by atoms with Crippen molar-refractivity contribution in [3.05, 3.63) is 52.8 Å². The summed E-state index contributed by atoms with van der Waals surface area (Å²) in [6.45, 7) is 0.453. The van der Waals surface area contributed by atoms with E-state index < -0.39 is 0 Å². The van der Waals surface area contributed by atoms with Crippen LogP contribution in [-0.2, 0) is 6.54 Å². The van der Waals surface area contributed by atoms with Crippen LogP contribution in [0.15, 0.2) is 36.5 Å². The Morgan fingerprint density at radius 2 is 2.06 bits per heavy atom. The van der Waals surface area contributed by atoms with Crippen LogP contribution in [0.4, 0.5) is 5.69 Å². The Hall–Kier alpha value is -1.94. The third-order valence-electron chi connectivity index (χ3n) is 2.32. The molecule has 0 saturated heterocycles. The van der Waals surface area contributed by atoms with Crippen molar-refractivity contribution in [3.8, 4) is 0 Å². The highest BCUT2D eigenvalue weighted by molar-refractivity contribution is 6.30. The summed E-state index contributed by atoms with van der Waals surface area (Å²) in [5.41, 5.74) is 7.50. The summed E-state index contributed by atoms with van der Waals surface area (Å²) >= 11 is 5.77. The molecule has 0 bridgehead atoms. The molecule has 2 rings (SSSR count). The van der Waals surface area contributed by atoms with E-state index in [9.17, 15) is 4.79 Å². The Morgan fingerprint density at radius 1 is 1.35 bits per heavy atom. The fraction of sp³-hybridized carbons (Fsp3) is 0.0833. The Kier molecular flexibility index (Phi) is 3.35. The van der Waals surface area contributed by atoms with Crippen LogP contribution in [-0.4, -0.2) is 10.9 Å². The molecule has 0 fully saturated rings. The van der Waals surface area contributed by atoms with Crippen LogP contribution in [0.2, 0.25) is 5.02 Å². The number of H-pyrrole nitrogens is 1. The van der Waals surface area contributed by atoms with Gasteiger partial charge in [-0.15, -0.1) is 0 Å². The molecule has 1 amide bonds. The van der Waals surface area contributed by atoms with Gasteiger partial charge >= 0.3 is 0 Å². The predicted molar refractivity (Wildman–Crippen MR) is 67.8 cm³/mol. The van der Waals surface area contributed by atoms with Crippen molar-refractivity contribution in [1.29, 1.82) is 0 Å². The Bertz CT molecular complexity index is 519. The number of halogens is 1. The van der Waals surface area contributed by atoms with Crippen LogP contribution in [0.25, 0.3) is 0 Å². The minimum absolute atomic E-state index is 0.184. The Balaban J connectivity index is 1.94. The molecule has 0 radical (unpaired) electrons. The van der Waals surface area contributed by atoms with Gasteiger partial charge in [0, 0.05) is 23.5 Å². The number of nitrogens with two attached hydrogens (primary N) is 1. The second-order valence-electron chi connectivity index (χ2n) is 3.66. The average Bonchev–Trinajstić information content (AvgIpc) is 2.75. The molecule has 1 heterocycles. The van der Waals surface area contributed by atoms with Gasteiger partial charge in [-0.05, 0) is 23.8 Å². The molecule has 0 aliphatic heterocycles. The van der Waals surface area contributed by atoms with Crippen molar-refractivity contribution in [2.24, 2.45) is 0 Å². The predicted octanol–water partition coefficient (Wildman–Crippen LogP) is 2.18. The Morgan fingerprint density at radius 3 is 2.65 bits per heavy atom. The summed E-state index contributed by atoms with van der Waals surface area (Å²) in [4.78, 5) is 14.5. The van der Waals surface area contributed by atoms with Crippen LogP contribution >= 0.6 is 11.6 Å².